The molecule has 0 aliphatic carbocycles. The van der Waals surface area contributed by atoms with Gasteiger partial charge in [-0.1, -0.05) is 43.2 Å². The first-order chi connectivity index (χ1) is 21.5. The van der Waals surface area contributed by atoms with E-state index in [0.29, 0.717) is 34.6 Å². The summed E-state index contributed by atoms with van der Waals surface area (Å²) < 4.78 is 50.4. The molecule has 0 amide bonds. The lowest BCUT2D eigenvalue weighted by Gasteiger charge is -2.26. The van der Waals surface area contributed by atoms with Crippen molar-refractivity contribution < 1.29 is 27.8 Å². The SMILES string of the molecule is CC(C)(COc1ccn(-c2ccc3nc2-c2ccccc2CCCCCCN(CC(=O)O)c2cccc(n2)SN3)n1)C(F)(F)F. The number of rotatable bonds is 6. The van der Waals surface area contributed by atoms with Crippen molar-refractivity contribution in [1.29, 1.82) is 0 Å². The largest absolute Gasteiger partial charge is 0.480 e. The molecule has 9 nitrogen and oxygen atoms in total. The molecule has 4 bridgehead atoms. The Morgan fingerprint density at radius 3 is 2.60 bits per heavy atom. The number of aromatic nitrogens is 4. The summed E-state index contributed by atoms with van der Waals surface area (Å²) in [5.74, 6) is 0.328. The van der Waals surface area contributed by atoms with Gasteiger partial charge in [0.2, 0.25) is 5.88 Å². The molecule has 45 heavy (non-hydrogen) atoms. The van der Waals surface area contributed by atoms with E-state index in [9.17, 15) is 23.1 Å². The second-order valence-electron chi connectivity index (χ2n) is 11.5. The lowest BCUT2D eigenvalue weighted by Crippen LogP contribution is -2.37. The minimum atomic E-state index is -4.41. The standard InChI is InChI=1S/C32H35F3N6O3S/c1-31(2,32(33,34)35)21-44-27-17-19-41(38-27)24-15-16-25-36-30(24)23-12-7-6-11-22(23)10-5-3-4-8-18-40(20-29(42)43)26-13-9-14-28(37-26)45-39-25/h6-7,9,11-17,19H,3-5,8,10,18,20-21H2,1-2H3,(H,36,39)(H,42,43). The summed E-state index contributed by atoms with van der Waals surface area (Å²) >= 11 is 1.26. The Morgan fingerprint density at radius 2 is 1.80 bits per heavy atom. The number of aliphatic carboxylic acids is 1. The van der Waals surface area contributed by atoms with E-state index in [2.05, 4.69) is 20.9 Å². The van der Waals surface area contributed by atoms with Gasteiger partial charge < -0.3 is 19.5 Å². The molecule has 2 N–H and O–H groups in total. The third-order valence-corrected chi connectivity index (χ3v) is 8.30. The number of nitrogens with one attached hydrogen (secondary N) is 1. The minimum Gasteiger partial charge on any atom is -0.480 e. The van der Waals surface area contributed by atoms with Crippen molar-refractivity contribution in [3.63, 3.8) is 0 Å². The average molecular weight is 641 g/mol. The highest BCUT2D eigenvalue weighted by atomic mass is 32.2. The number of nitrogens with zero attached hydrogens (tertiary/aromatic N) is 5. The van der Waals surface area contributed by atoms with Gasteiger partial charge in [0.1, 0.15) is 29.8 Å². The maximum atomic E-state index is 13.4. The summed E-state index contributed by atoms with van der Waals surface area (Å²) in [6, 6.07) is 18.7. The van der Waals surface area contributed by atoms with E-state index in [1.54, 1.807) is 21.8 Å². The number of fused-ring (bicyclic) bond motifs is 6. The fourth-order valence-electron chi connectivity index (χ4n) is 4.87. The second kappa shape index (κ2) is 13.8. The molecule has 5 rings (SSSR count). The smallest absolute Gasteiger partial charge is 0.397 e. The van der Waals surface area contributed by atoms with Crippen LogP contribution in [-0.2, 0) is 11.2 Å². The molecule has 0 unspecified atom stereocenters. The number of benzene rings is 1. The highest BCUT2D eigenvalue weighted by molar-refractivity contribution is 8.00. The monoisotopic (exact) mass is 640 g/mol. The Balaban J connectivity index is 1.48. The number of halogens is 3. The maximum absolute atomic E-state index is 13.4. The summed E-state index contributed by atoms with van der Waals surface area (Å²) in [7, 11) is 0. The van der Waals surface area contributed by atoms with E-state index in [0.717, 1.165) is 57.1 Å². The summed E-state index contributed by atoms with van der Waals surface area (Å²) in [5.41, 5.74) is 1.30. The van der Waals surface area contributed by atoms with E-state index in [1.165, 1.54) is 18.0 Å². The quantitative estimate of drug-likeness (QED) is 0.208. The average Bonchev–Trinajstić information content (AvgIpc) is 3.48. The van der Waals surface area contributed by atoms with Gasteiger partial charge in [-0.25, -0.2) is 14.6 Å². The van der Waals surface area contributed by atoms with Crippen LogP contribution >= 0.6 is 11.9 Å². The number of anilines is 2. The third-order valence-electron chi connectivity index (χ3n) is 7.55. The van der Waals surface area contributed by atoms with Crippen molar-refractivity contribution in [3.05, 3.63) is 72.4 Å². The van der Waals surface area contributed by atoms with Crippen molar-refractivity contribution in [2.24, 2.45) is 5.41 Å². The molecule has 1 aliphatic heterocycles. The number of carboxylic acid groups (broad SMARTS) is 1. The van der Waals surface area contributed by atoms with E-state index in [4.69, 9.17) is 9.72 Å². The number of aryl methyl sites for hydroxylation is 1. The first-order valence-electron chi connectivity index (χ1n) is 14.7. The lowest BCUT2D eigenvalue weighted by molar-refractivity contribution is -0.219. The van der Waals surface area contributed by atoms with E-state index in [1.807, 2.05) is 42.5 Å². The molecule has 4 aromatic rings. The molecule has 0 spiro atoms. The van der Waals surface area contributed by atoms with Gasteiger partial charge in [0.25, 0.3) is 0 Å². The molecule has 0 atom stereocenters. The Labute approximate surface area is 264 Å². The third kappa shape index (κ3) is 8.07. The van der Waals surface area contributed by atoms with Crippen LogP contribution in [0.4, 0.5) is 24.8 Å². The van der Waals surface area contributed by atoms with Crippen LogP contribution in [0.5, 0.6) is 5.88 Å². The zero-order valence-corrected chi connectivity index (χ0v) is 25.9. The normalized spacial score (nSPS) is 14.6. The van der Waals surface area contributed by atoms with Gasteiger partial charge in [-0.15, -0.1) is 5.10 Å². The topological polar surface area (TPSA) is 105 Å². The number of alkyl halides is 3. The summed E-state index contributed by atoms with van der Waals surface area (Å²) in [6.45, 7) is 2.08. The summed E-state index contributed by atoms with van der Waals surface area (Å²) in [6.07, 6.45) is 1.72. The fraction of sp³-hybridized carbons (Fsp3) is 0.375. The molecule has 4 heterocycles. The van der Waals surface area contributed by atoms with Crippen LogP contribution in [0.3, 0.4) is 0 Å². The number of ether oxygens (including phenoxy) is 1. The molecule has 0 saturated carbocycles. The Hall–Kier alpha value is -4.26. The molecular formula is C32H35F3N6O3S. The van der Waals surface area contributed by atoms with Gasteiger partial charge in [0, 0.05) is 36.3 Å². The van der Waals surface area contributed by atoms with Crippen LogP contribution in [0.1, 0.15) is 45.1 Å². The Bertz CT molecular complexity index is 1630. The second-order valence-corrected chi connectivity index (χ2v) is 12.3. The molecule has 3 aromatic heterocycles. The minimum absolute atomic E-state index is 0.0812. The van der Waals surface area contributed by atoms with Crippen molar-refractivity contribution in [2.75, 3.05) is 29.3 Å². The predicted octanol–water partition coefficient (Wildman–Crippen LogP) is 7.42. The van der Waals surface area contributed by atoms with Gasteiger partial charge in [-0.05, 0) is 62.9 Å². The maximum Gasteiger partial charge on any atom is 0.397 e. The van der Waals surface area contributed by atoms with Crippen LogP contribution in [0, 0.1) is 5.41 Å². The van der Waals surface area contributed by atoms with Gasteiger partial charge in [0.05, 0.1) is 16.8 Å². The lowest BCUT2D eigenvalue weighted by atomic mass is 9.94. The summed E-state index contributed by atoms with van der Waals surface area (Å²) in [4.78, 5) is 23.0. The number of carboxylic acids is 1. The van der Waals surface area contributed by atoms with Gasteiger partial charge >= 0.3 is 12.1 Å². The van der Waals surface area contributed by atoms with Crippen LogP contribution in [0.2, 0.25) is 0 Å². The van der Waals surface area contributed by atoms with Crippen molar-refractivity contribution in [2.45, 2.75) is 57.2 Å². The number of hydrogen-bond donors (Lipinski definition) is 2. The highest BCUT2D eigenvalue weighted by Gasteiger charge is 2.48. The number of carbonyl (C=O) groups is 1. The molecule has 13 heteroatoms. The summed E-state index contributed by atoms with van der Waals surface area (Å²) in [5, 5.41) is 14.6. The molecule has 0 radical (unpaired) electrons. The van der Waals surface area contributed by atoms with Crippen LogP contribution in [-0.4, -0.2) is 56.7 Å². The van der Waals surface area contributed by atoms with Crippen LogP contribution in [0.15, 0.2) is 71.9 Å². The molecule has 1 aromatic carbocycles. The van der Waals surface area contributed by atoms with Gasteiger partial charge in [-0.2, -0.15) is 13.2 Å². The fourth-order valence-corrected chi connectivity index (χ4v) is 5.48. The van der Waals surface area contributed by atoms with Crippen molar-refractivity contribution in [3.8, 4) is 22.8 Å². The van der Waals surface area contributed by atoms with Gasteiger partial charge in [0.15, 0.2) is 0 Å². The highest BCUT2D eigenvalue weighted by Crippen LogP contribution is 2.38. The van der Waals surface area contributed by atoms with Crippen molar-refractivity contribution in [1.82, 2.24) is 19.7 Å². The van der Waals surface area contributed by atoms with E-state index in [-0.39, 0.29) is 12.4 Å². The first kappa shape index (κ1) is 32.1. The van der Waals surface area contributed by atoms with Gasteiger partial charge in [-0.3, -0.25) is 4.79 Å². The van der Waals surface area contributed by atoms with Crippen LogP contribution < -0.4 is 14.4 Å². The number of pyridine rings is 2. The molecule has 1 aliphatic rings. The zero-order chi connectivity index (χ0) is 32.0. The van der Waals surface area contributed by atoms with E-state index < -0.39 is 24.2 Å². The van der Waals surface area contributed by atoms with Crippen molar-refractivity contribution >= 4 is 29.6 Å². The number of hydrogen-bond acceptors (Lipinski definition) is 8. The molecule has 0 saturated heterocycles. The first-order valence-corrected chi connectivity index (χ1v) is 15.5. The zero-order valence-electron chi connectivity index (χ0n) is 25.0. The molecule has 0 fully saturated rings. The van der Waals surface area contributed by atoms with Crippen LogP contribution in [0.25, 0.3) is 16.9 Å². The molecule has 238 valence electrons. The van der Waals surface area contributed by atoms with E-state index >= 15 is 0 Å². The predicted molar refractivity (Wildman–Crippen MR) is 168 cm³/mol. The Kier molecular flexibility index (Phi) is 9.86. The Morgan fingerprint density at radius 1 is 1.00 bits per heavy atom. The molecular weight excluding hydrogens is 605 g/mol.